The average Bonchev–Trinajstić information content (AvgIpc) is 2.63. The molecule has 25 heavy (non-hydrogen) atoms. The summed E-state index contributed by atoms with van der Waals surface area (Å²) in [5.41, 5.74) is 0. The molecular weight excluding hydrogens is 318 g/mol. The minimum Gasteiger partial charge on any atom is -0.300 e. The lowest BCUT2D eigenvalue weighted by Gasteiger charge is -2.40. The topological polar surface area (TPSA) is 17.1 Å². The monoisotopic (exact) mass is 352 g/mol. The molecule has 0 heterocycles. The van der Waals surface area contributed by atoms with Crippen LogP contribution in [-0.4, -0.2) is 5.78 Å². The SMILES string of the molecule is O=C1CCC(C2CCC(C3CCC(CCC=C(F)F)CC3)CC2)CC1. The minimum atomic E-state index is -1.52. The van der Waals surface area contributed by atoms with E-state index in [1.807, 2.05) is 0 Å². The standard InChI is InChI=1S/C22H34F2O/c23-22(24)3-1-2-16-4-6-17(7-5-16)18-8-10-19(11-9-18)20-12-14-21(25)15-13-20/h3,16-20H,1-2,4-15H2. The smallest absolute Gasteiger partial charge is 0.266 e. The van der Waals surface area contributed by atoms with Crippen molar-refractivity contribution in [2.75, 3.05) is 0 Å². The summed E-state index contributed by atoms with van der Waals surface area (Å²) >= 11 is 0. The van der Waals surface area contributed by atoms with E-state index in [1.165, 1.54) is 51.4 Å². The van der Waals surface area contributed by atoms with Crippen LogP contribution in [0, 0.1) is 29.6 Å². The zero-order chi connectivity index (χ0) is 17.6. The normalized spacial score (nSPS) is 34.7. The van der Waals surface area contributed by atoms with Gasteiger partial charge in [-0.05, 0) is 99.9 Å². The van der Waals surface area contributed by atoms with Crippen molar-refractivity contribution in [3.05, 3.63) is 12.2 Å². The van der Waals surface area contributed by atoms with Gasteiger partial charge in [-0.25, -0.2) is 0 Å². The van der Waals surface area contributed by atoms with E-state index in [-0.39, 0.29) is 0 Å². The van der Waals surface area contributed by atoms with E-state index in [1.54, 1.807) is 0 Å². The third-order valence-corrected chi connectivity index (χ3v) is 7.50. The van der Waals surface area contributed by atoms with E-state index < -0.39 is 6.08 Å². The summed E-state index contributed by atoms with van der Waals surface area (Å²) in [6, 6.07) is 0. The van der Waals surface area contributed by atoms with Crippen LogP contribution in [0.15, 0.2) is 12.2 Å². The number of allylic oxidation sites excluding steroid dienone is 1. The third-order valence-electron chi connectivity index (χ3n) is 7.50. The molecule has 0 aliphatic heterocycles. The van der Waals surface area contributed by atoms with Gasteiger partial charge in [0.05, 0.1) is 0 Å². The Bertz CT molecular complexity index is 443. The Morgan fingerprint density at radius 2 is 1.20 bits per heavy atom. The minimum absolute atomic E-state index is 0.478. The maximum atomic E-state index is 12.1. The molecule has 0 saturated heterocycles. The highest BCUT2D eigenvalue weighted by atomic mass is 19.3. The molecule has 0 aromatic heterocycles. The third kappa shape index (κ3) is 5.62. The zero-order valence-corrected chi connectivity index (χ0v) is 15.5. The van der Waals surface area contributed by atoms with Gasteiger partial charge in [0.25, 0.3) is 6.08 Å². The van der Waals surface area contributed by atoms with Gasteiger partial charge in [0, 0.05) is 12.8 Å². The van der Waals surface area contributed by atoms with Gasteiger partial charge < -0.3 is 0 Å². The highest BCUT2D eigenvalue weighted by molar-refractivity contribution is 5.79. The highest BCUT2D eigenvalue weighted by Gasteiger charge is 2.34. The first-order valence-corrected chi connectivity index (χ1v) is 10.6. The summed E-state index contributed by atoms with van der Waals surface area (Å²) in [4.78, 5) is 11.4. The number of rotatable bonds is 5. The molecule has 3 heteroatoms. The quantitative estimate of drug-likeness (QED) is 0.525. The van der Waals surface area contributed by atoms with Gasteiger partial charge in [-0.1, -0.05) is 12.8 Å². The molecule has 3 aliphatic carbocycles. The summed E-state index contributed by atoms with van der Waals surface area (Å²) < 4.78 is 24.2. The Kier molecular flexibility index (Phi) is 7.07. The number of carbonyl (C=O) groups excluding carboxylic acids is 1. The summed E-state index contributed by atoms with van der Waals surface area (Å²) in [5, 5.41) is 0. The summed E-state index contributed by atoms with van der Waals surface area (Å²) in [7, 11) is 0. The Labute approximate surface area is 151 Å². The number of hydrogen-bond donors (Lipinski definition) is 0. The second kappa shape index (κ2) is 9.28. The van der Waals surface area contributed by atoms with Crippen molar-refractivity contribution in [3.8, 4) is 0 Å². The number of hydrogen-bond acceptors (Lipinski definition) is 1. The molecule has 0 aromatic carbocycles. The summed E-state index contributed by atoms with van der Waals surface area (Å²) in [6.45, 7) is 0. The molecular formula is C22H34F2O. The zero-order valence-electron chi connectivity index (χ0n) is 15.5. The maximum absolute atomic E-state index is 12.1. The van der Waals surface area contributed by atoms with Crippen LogP contribution in [0.1, 0.15) is 89.9 Å². The molecule has 3 fully saturated rings. The molecule has 0 atom stereocenters. The molecule has 0 spiro atoms. The molecule has 3 saturated carbocycles. The van der Waals surface area contributed by atoms with E-state index in [0.29, 0.717) is 18.1 Å². The molecule has 0 N–H and O–H groups in total. The molecule has 0 unspecified atom stereocenters. The molecule has 3 aliphatic rings. The fraction of sp³-hybridized carbons (Fsp3) is 0.864. The van der Waals surface area contributed by atoms with Gasteiger partial charge in [-0.3, -0.25) is 4.79 Å². The Hall–Kier alpha value is -0.730. The molecule has 0 bridgehead atoms. The lowest BCUT2D eigenvalue weighted by Crippen LogP contribution is -2.29. The van der Waals surface area contributed by atoms with Gasteiger partial charge in [0.2, 0.25) is 0 Å². The Balaban J connectivity index is 1.35. The van der Waals surface area contributed by atoms with E-state index >= 15 is 0 Å². The maximum Gasteiger partial charge on any atom is 0.266 e. The van der Waals surface area contributed by atoms with Crippen LogP contribution in [0.2, 0.25) is 0 Å². The molecule has 142 valence electrons. The van der Waals surface area contributed by atoms with Crippen LogP contribution >= 0.6 is 0 Å². The number of Topliss-reactive ketones (excluding diaryl/α,β-unsaturated/α-hetero) is 1. The predicted octanol–water partition coefficient (Wildman–Crippen LogP) is 6.92. The van der Waals surface area contributed by atoms with Gasteiger partial charge in [-0.2, -0.15) is 8.78 Å². The van der Waals surface area contributed by atoms with Crippen LogP contribution in [0.4, 0.5) is 8.78 Å². The van der Waals surface area contributed by atoms with E-state index in [2.05, 4.69) is 0 Å². The summed E-state index contributed by atoms with van der Waals surface area (Å²) in [6.07, 6.45) is 15.7. The molecule has 0 radical (unpaired) electrons. The number of ketones is 1. The first kappa shape index (κ1) is 19.0. The first-order valence-electron chi connectivity index (χ1n) is 10.6. The molecule has 0 amide bonds. The number of halogens is 2. The van der Waals surface area contributed by atoms with Crippen molar-refractivity contribution in [2.24, 2.45) is 29.6 Å². The van der Waals surface area contributed by atoms with Crippen molar-refractivity contribution in [1.29, 1.82) is 0 Å². The van der Waals surface area contributed by atoms with Crippen molar-refractivity contribution < 1.29 is 13.6 Å². The fourth-order valence-electron chi connectivity index (χ4n) is 5.90. The van der Waals surface area contributed by atoms with Crippen LogP contribution in [0.5, 0.6) is 0 Å². The lowest BCUT2D eigenvalue weighted by molar-refractivity contribution is -0.121. The Morgan fingerprint density at radius 3 is 1.68 bits per heavy atom. The van der Waals surface area contributed by atoms with E-state index in [9.17, 15) is 13.6 Å². The first-order chi connectivity index (χ1) is 12.1. The van der Waals surface area contributed by atoms with E-state index in [4.69, 9.17) is 0 Å². The van der Waals surface area contributed by atoms with Crippen molar-refractivity contribution in [2.45, 2.75) is 89.9 Å². The largest absolute Gasteiger partial charge is 0.300 e. The lowest BCUT2D eigenvalue weighted by atomic mass is 9.65. The molecule has 0 aromatic rings. The fourth-order valence-corrected chi connectivity index (χ4v) is 5.90. The Morgan fingerprint density at radius 1 is 0.760 bits per heavy atom. The molecule has 1 nitrogen and oxygen atoms in total. The van der Waals surface area contributed by atoms with Gasteiger partial charge in [0.15, 0.2) is 0 Å². The average molecular weight is 353 g/mol. The second-order valence-electron chi connectivity index (χ2n) is 8.90. The molecule has 3 rings (SSSR count). The van der Waals surface area contributed by atoms with Crippen molar-refractivity contribution >= 4 is 5.78 Å². The van der Waals surface area contributed by atoms with Crippen LogP contribution in [0.25, 0.3) is 0 Å². The van der Waals surface area contributed by atoms with E-state index in [0.717, 1.165) is 61.9 Å². The second-order valence-corrected chi connectivity index (χ2v) is 8.90. The van der Waals surface area contributed by atoms with Gasteiger partial charge in [0.1, 0.15) is 5.78 Å². The van der Waals surface area contributed by atoms with Crippen LogP contribution < -0.4 is 0 Å². The van der Waals surface area contributed by atoms with Gasteiger partial charge >= 0.3 is 0 Å². The van der Waals surface area contributed by atoms with Crippen molar-refractivity contribution in [1.82, 2.24) is 0 Å². The van der Waals surface area contributed by atoms with Gasteiger partial charge in [-0.15, -0.1) is 0 Å². The summed E-state index contributed by atoms with van der Waals surface area (Å²) in [5.74, 6) is 4.64. The van der Waals surface area contributed by atoms with Crippen LogP contribution in [0.3, 0.4) is 0 Å². The van der Waals surface area contributed by atoms with Crippen LogP contribution in [-0.2, 0) is 4.79 Å². The number of carbonyl (C=O) groups is 1. The van der Waals surface area contributed by atoms with Crippen molar-refractivity contribution in [3.63, 3.8) is 0 Å². The predicted molar refractivity (Wildman–Crippen MR) is 97.4 cm³/mol. The highest BCUT2D eigenvalue weighted by Crippen LogP contribution is 2.45.